The van der Waals surface area contributed by atoms with Crippen LogP contribution in [-0.4, -0.2) is 30.4 Å². The van der Waals surface area contributed by atoms with Gasteiger partial charge < -0.3 is 10.1 Å². The van der Waals surface area contributed by atoms with Crippen LogP contribution in [0.25, 0.3) is 6.08 Å². The molecular formula is C26H19Cl2N3O5. The Balaban J connectivity index is 1.55. The number of carbonyl (C=O) groups excluding carboxylic acids is 4. The minimum Gasteiger partial charge on any atom is -0.483 e. The second kappa shape index (κ2) is 10.6. The van der Waals surface area contributed by atoms with Gasteiger partial charge in [-0.1, -0.05) is 47.5 Å². The molecule has 0 unspecified atom stereocenters. The zero-order chi connectivity index (χ0) is 25.8. The summed E-state index contributed by atoms with van der Waals surface area (Å²) < 4.78 is 5.64. The van der Waals surface area contributed by atoms with Crippen LogP contribution in [0.15, 0.2) is 72.3 Å². The number of barbiturate groups is 1. The number of rotatable bonds is 6. The van der Waals surface area contributed by atoms with Crippen molar-refractivity contribution in [2.45, 2.75) is 6.92 Å². The molecule has 182 valence electrons. The maximum atomic E-state index is 13.2. The van der Waals surface area contributed by atoms with Gasteiger partial charge in [0, 0.05) is 21.3 Å². The Kier molecular flexibility index (Phi) is 7.38. The smallest absolute Gasteiger partial charge is 0.335 e. The predicted octanol–water partition coefficient (Wildman–Crippen LogP) is 4.99. The number of aryl methyl sites for hydroxylation is 1. The largest absolute Gasteiger partial charge is 0.483 e. The first-order valence-corrected chi connectivity index (χ1v) is 11.4. The highest BCUT2D eigenvalue weighted by atomic mass is 35.5. The van der Waals surface area contributed by atoms with Crippen molar-refractivity contribution in [3.63, 3.8) is 0 Å². The molecule has 36 heavy (non-hydrogen) atoms. The van der Waals surface area contributed by atoms with E-state index >= 15 is 0 Å². The molecule has 1 saturated heterocycles. The van der Waals surface area contributed by atoms with Crippen LogP contribution in [0.3, 0.4) is 0 Å². The van der Waals surface area contributed by atoms with Crippen molar-refractivity contribution in [3.05, 3.63) is 93.5 Å². The number of nitrogens with zero attached hydrogens (tertiary/aromatic N) is 1. The minimum atomic E-state index is -0.884. The van der Waals surface area contributed by atoms with Crippen LogP contribution < -0.4 is 20.3 Å². The summed E-state index contributed by atoms with van der Waals surface area (Å²) in [5, 5.41) is 5.75. The van der Waals surface area contributed by atoms with Gasteiger partial charge in [-0.25, -0.2) is 9.69 Å². The van der Waals surface area contributed by atoms with E-state index in [4.69, 9.17) is 27.9 Å². The molecular weight excluding hydrogens is 505 g/mol. The first kappa shape index (κ1) is 25.0. The first-order chi connectivity index (χ1) is 17.2. The molecule has 1 aliphatic heterocycles. The molecule has 1 fully saturated rings. The Morgan fingerprint density at radius 2 is 1.75 bits per heavy atom. The van der Waals surface area contributed by atoms with E-state index in [9.17, 15) is 19.2 Å². The third-order valence-electron chi connectivity index (χ3n) is 5.22. The van der Waals surface area contributed by atoms with Crippen molar-refractivity contribution in [3.8, 4) is 5.75 Å². The van der Waals surface area contributed by atoms with Crippen molar-refractivity contribution < 1.29 is 23.9 Å². The summed E-state index contributed by atoms with van der Waals surface area (Å²) in [7, 11) is 0. The lowest BCUT2D eigenvalue weighted by molar-refractivity contribution is -0.122. The lowest BCUT2D eigenvalue weighted by Gasteiger charge is -2.26. The molecule has 0 aromatic heterocycles. The van der Waals surface area contributed by atoms with Crippen molar-refractivity contribution >= 4 is 64.4 Å². The predicted molar refractivity (Wildman–Crippen MR) is 137 cm³/mol. The summed E-state index contributed by atoms with van der Waals surface area (Å²) in [6.07, 6.45) is 1.30. The van der Waals surface area contributed by atoms with Crippen LogP contribution in [0.2, 0.25) is 10.0 Å². The number of para-hydroxylation sites is 1. The number of anilines is 2. The molecule has 0 saturated carbocycles. The fraction of sp³-hybridized carbons (Fsp3) is 0.0769. The number of urea groups is 1. The van der Waals surface area contributed by atoms with Crippen LogP contribution >= 0.6 is 23.2 Å². The van der Waals surface area contributed by atoms with E-state index in [1.807, 2.05) is 0 Å². The minimum absolute atomic E-state index is 0.218. The van der Waals surface area contributed by atoms with E-state index in [2.05, 4.69) is 10.6 Å². The molecule has 3 aromatic rings. The standard InChI is InChI=1S/C26H19Cl2N3O5/c1-15-6-11-19(13-21(15)28)31-25(34)20(24(33)30-26(31)35)12-16-4-2-3-5-22(16)36-14-23(32)29-18-9-7-17(27)8-10-18/h2-13H,14H2,1H3,(H,29,32)(H,30,33,35)/b20-12+. The quantitative estimate of drug-likeness (QED) is 0.350. The molecule has 0 radical (unpaired) electrons. The van der Waals surface area contributed by atoms with Crippen molar-refractivity contribution in [1.82, 2.24) is 5.32 Å². The van der Waals surface area contributed by atoms with Gasteiger partial charge >= 0.3 is 6.03 Å². The number of nitrogens with one attached hydrogen (secondary N) is 2. The average molecular weight is 524 g/mol. The Morgan fingerprint density at radius 1 is 1.03 bits per heavy atom. The highest BCUT2D eigenvalue weighted by Gasteiger charge is 2.37. The Hall–Kier alpha value is -4.14. The van der Waals surface area contributed by atoms with Crippen LogP contribution in [0.4, 0.5) is 16.2 Å². The van der Waals surface area contributed by atoms with E-state index in [0.717, 1.165) is 10.5 Å². The summed E-state index contributed by atoms with van der Waals surface area (Å²) in [5.74, 6) is -1.83. The van der Waals surface area contributed by atoms with Gasteiger partial charge in [-0.3, -0.25) is 19.7 Å². The summed E-state index contributed by atoms with van der Waals surface area (Å²) in [5.41, 5.74) is 1.62. The number of ether oxygens (including phenoxy) is 1. The van der Waals surface area contributed by atoms with Gasteiger partial charge in [0.1, 0.15) is 11.3 Å². The molecule has 0 aliphatic carbocycles. The zero-order valence-corrected chi connectivity index (χ0v) is 20.4. The number of hydrogen-bond donors (Lipinski definition) is 2. The van der Waals surface area contributed by atoms with Crippen LogP contribution in [0, 0.1) is 6.92 Å². The Morgan fingerprint density at radius 3 is 2.47 bits per heavy atom. The number of hydrogen-bond acceptors (Lipinski definition) is 5. The third kappa shape index (κ3) is 5.56. The number of imide groups is 2. The lowest BCUT2D eigenvalue weighted by Crippen LogP contribution is -2.54. The molecule has 10 heteroatoms. The summed E-state index contributed by atoms with van der Waals surface area (Å²) in [4.78, 5) is 51.3. The molecule has 1 heterocycles. The second-order valence-corrected chi connectivity index (χ2v) is 8.62. The van der Waals surface area contributed by atoms with E-state index in [1.165, 1.54) is 12.1 Å². The molecule has 0 spiro atoms. The SMILES string of the molecule is Cc1ccc(N2C(=O)NC(=O)/C(=C\c3ccccc3OCC(=O)Nc3ccc(Cl)cc3)C2=O)cc1Cl. The van der Waals surface area contributed by atoms with Crippen LogP contribution in [0.5, 0.6) is 5.75 Å². The molecule has 5 amide bonds. The summed E-state index contributed by atoms with van der Waals surface area (Å²) >= 11 is 12.0. The summed E-state index contributed by atoms with van der Waals surface area (Å²) in [6, 6.07) is 17.0. The summed E-state index contributed by atoms with van der Waals surface area (Å²) in [6.45, 7) is 1.46. The highest BCUT2D eigenvalue weighted by Crippen LogP contribution is 2.28. The molecule has 0 atom stereocenters. The van der Waals surface area contributed by atoms with E-state index in [0.29, 0.717) is 21.3 Å². The zero-order valence-electron chi connectivity index (χ0n) is 18.9. The van der Waals surface area contributed by atoms with E-state index in [1.54, 1.807) is 67.6 Å². The topological polar surface area (TPSA) is 105 Å². The van der Waals surface area contributed by atoms with Gasteiger partial charge in [0.15, 0.2) is 6.61 Å². The van der Waals surface area contributed by atoms with Crippen molar-refractivity contribution in [1.29, 1.82) is 0 Å². The number of amides is 5. The maximum absolute atomic E-state index is 13.2. The fourth-order valence-electron chi connectivity index (χ4n) is 3.37. The monoisotopic (exact) mass is 523 g/mol. The average Bonchev–Trinajstić information content (AvgIpc) is 2.84. The molecule has 8 nitrogen and oxygen atoms in total. The molecule has 1 aliphatic rings. The van der Waals surface area contributed by atoms with Crippen molar-refractivity contribution in [2.24, 2.45) is 0 Å². The molecule has 3 aromatic carbocycles. The van der Waals surface area contributed by atoms with Crippen LogP contribution in [0.1, 0.15) is 11.1 Å². The van der Waals surface area contributed by atoms with E-state index < -0.39 is 23.8 Å². The normalized spacial score (nSPS) is 14.6. The Bertz CT molecular complexity index is 1400. The third-order valence-corrected chi connectivity index (χ3v) is 5.88. The van der Waals surface area contributed by atoms with Gasteiger partial charge in [-0.2, -0.15) is 0 Å². The van der Waals surface area contributed by atoms with Gasteiger partial charge in [-0.15, -0.1) is 0 Å². The van der Waals surface area contributed by atoms with Crippen LogP contribution in [-0.2, 0) is 14.4 Å². The van der Waals surface area contributed by atoms with E-state index in [-0.39, 0.29) is 23.6 Å². The maximum Gasteiger partial charge on any atom is 0.335 e. The molecule has 4 rings (SSSR count). The Labute approximate surface area is 216 Å². The van der Waals surface area contributed by atoms with Gasteiger partial charge in [0.2, 0.25) is 0 Å². The lowest BCUT2D eigenvalue weighted by atomic mass is 10.1. The highest BCUT2D eigenvalue weighted by molar-refractivity contribution is 6.39. The second-order valence-electron chi connectivity index (χ2n) is 7.77. The first-order valence-electron chi connectivity index (χ1n) is 10.7. The van der Waals surface area contributed by atoms with Gasteiger partial charge in [0.05, 0.1) is 5.69 Å². The number of benzene rings is 3. The molecule has 0 bridgehead atoms. The fourth-order valence-corrected chi connectivity index (χ4v) is 3.67. The van der Waals surface area contributed by atoms with Gasteiger partial charge in [0.25, 0.3) is 17.7 Å². The molecule has 2 N–H and O–H groups in total. The number of carbonyl (C=O) groups is 4. The number of halogens is 2. The van der Waals surface area contributed by atoms with Crippen molar-refractivity contribution in [2.75, 3.05) is 16.8 Å². The van der Waals surface area contributed by atoms with Gasteiger partial charge in [-0.05, 0) is 61.0 Å².